The van der Waals surface area contributed by atoms with Gasteiger partial charge in [-0.3, -0.25) is 0 Å². The minimum atomic E-state index is 0.731. The Morgan fingerprint density at radius 1 is 1.20 bits per heavy atom. The average molecular weight is 153 g/mol. The van der Waals surface area contributed by atoms with Gasteiger partial charge in [0.1, 0.15) is 0 Å². The Hall–Kier alpha value is -0.470. The van der Waals surface area contributed by atoms with Crippen LogP contribution in [0.5, 0.6) is 0 Å². The predicted molar refractivity (Wildman–Crippen MR) is 47.1 cm³/mol. The molecule has 2 heteroatoms. The Morgan fingerprint density at radius 2 is 1.90 bits per heavy atom. The first kappa shape index (κ1) is 7.63. The molecule has 0 aliphatic carbocycles. The first-order valence-corrected chi connectivity index (χ1v) is 3.92. The molecule has 0 bridgehead atoms. The molecule has 0 unspecified atom stereocenters. The van der Waals surface area contributed by atoms with E-state index in [0.717, 1.165) is 12.4 Å². The summed E-state index contributed by atoms with van der Waals surface area (Å²) in [4.78, 5) is 0. The summed E-state index contributed by atoms with van der Waals surface area (Å²) in [6.45, 7) is 0.907. The van der Waals surface area contributed by atoms with Crippen LogP contribution < -0.4 is 5.32 Å². The van der Waals surface area contributed by atoms with Gasteiger partial charge in [0.2, 0.25) is 0 Å². The third kappa shape index (κ3) is 2.42. The maximum Gasteiger partial charge on any atom is 0.0390 e. The lowest BCUT2D eigenvalue weighted by atomic mass is 10.2. The van der Waals surface area contributed by atoms with Crippen molar-refractivity contribution in [2.45, 2.75) is 6.54 Å². The zero-order valence-corrected chi connectivity index (χ0v) is 6.64. The summed E-state index contributed by atoms with van der Waals surface area (Å²) in [5.41, 5.74) is 1.30. The molecule has 0 heterocycles. The molecule has 0 aliphatic heterocycles. The number of hydrogen-bond donors (Lipinski definition) is 2. The summed E-state index contributed by atoms with van der Waals surface area (Å²) in [6.07, 6.45) is 0. The molecule has 1 aromatic rings. The van der Waals surface area contributed by atoms with Crippen LogP contribution in [-0.2, 0) is 6.54 Å². The van der Waals surface area contributed by atoms with Crippen molar-refractivity contribution in [3.05, 3.63) is 35.9 Å². The van der Waals surface area contributed by atoms with Crippen molar-refractivity contribution < 1.29 is 0 Å². The molecule has 54 valence electrons. The van der Waals surface area contributed by atoms with Crippen LogP contribution in [0.15, 0.2) is 30.3 Å². The fourth-order valence-corrected chi connectivity index (χ4v) is 0.908. The molecule has 0 amide bonds. The molecule has 1 rings (SSSR count). The maximum absolute atomic E-state index is 4.04. The summed E-state index contributed by atoms with van der Waals surface area (Å²) in [5, 5.41) is 3.13. The van der Waals surface area contributed by atoms with Crippen molar-refractivity contribution in [1.82, 2.24) is 5.32 Å². The van der Waals surface area contributed by atoms with E-state index in [1.807, 2.05) is 18.2 Å². The predicted octanol–water partition coefficient (Wildman–Crippen LogP) is 1.66. The van der Waals surface area contributed by atoms with Gasteiger partial charge in [-0.2, -0.15) is 12.6 Å². The van der Waals surface area contributed by atoms with Gasteiger partial charge in [-0.05, 0) is 5.56 Å². The zero-order valence-electron chi connectivity index (χ0n) is 5.75. The van der Waals surface area contributed by atoms with Gasteiger partial charge in [0, 0.05) is 12.4 Å². The second kappa shape index (κ2) is 4.36. The first-order valence-electron chi connectivity index (χ1n) is 3.29. The van der Waals surface area contributed by atoms with Crippen molar-refractivity contribution in [1.29, 1.82) is 0 Å². The van der Waals surface area contributed by atoms with Crippen LogP contribution in [0.3, 0.4) is 0 Å². The van der Waals surface area contributed by atoms with Crippen molar-refractivity contribution in [3.63, 3.8) is 0 Å². The maximum atomic E-state index is 4.04. The lowest BCUT2D eigenvalue weighted by molar-refractivity contribution is 0.799. The highest BCUT2D eigenvalue weighted by Crippen LogP contribution is 1.96. The van der Waals surface area contributed by atoms with Crippen LogP contribution in [0.2, 0.25) is 0 Å². The summed E-state index contributed by atoms with van der Waals surface area (Å²) in [7, 11) is 0. The Balaban J connectivity index is 2.43. The van der Waals surface area contributed by atoms with Gasteiger partial charge in [-0.1, -0.05) is 30.3 Å². The van der Waals surface area contributed by atoms with Crippen LogP contribution in [0.4, 0.5) is 0 Å². The fourth-order valence-electron chi connectivity index (χ4n) is 0.796. The van der Waals surface area contributed by atoms with Crippen LogP contribution in [0.1, 0.15) is 5.56 Å². The minimum Gasteiger partial charge on any atom is -0.304 e. The van der Waals surface area contributed by atoms with Crippen molar-refractivity contribution in [2.24, 2.45) is 0 Å². The van der Waals surface area contributed by atoms with E-state index in [2.05, 4.69) is 30.1 Å². The fraction of sp³-hybridized carbons (Fsp3) is 0.250. The third-order valence-corrected chi connectivity index (χ3v) is 1.51. The van der Waals surface area contributed by atoms with Crippen molar-refractivity contribution >= 4 is 12.6 Å². The lowest BCUT2D eigenvalue weighted by Crippen LogP contribution is -2.09. The van der Waals surface area contributed by atoms with Gasteiger partial charge < -0.3 is 5.32 Å². The summed E-state index contributed by atoms with van der Waals surface area (Å²) in [6, 6.07) is 10.3. The van der Waals surface area contributed by atoms with Crippen LogP contribution in [0, 0.1) is 0 Å². The average Bonchev–Trinajstić information content (AvgIpc) is 2.03. The highest BCUT2D eigenvalue weighted by molar-refractivity contribution is 7.80. The molecular weight excluding hydrogens is 142 g/mol. The highest BCUT2D eigenvalue weighted by atomic mass is 32.1. The molecule has 0 radical (unpaired) electrons. The molecule has 1 aromatic carbocycles. The Morgan fingerprint density at radius 3 is 2.50 bits per heavy atom. The molecule has 0 aliphatic rings. The number of hydrogen-bond acceptors (Lipinski definition) is 2. The molecule has 0 aromatic heterocycles. The van der Waals surface area contributed by atoms with Crippen LogP contribution in [-0.4, -0.2) is 5.88 Å². The quantitative estimate of drug-likeness (QED) is 0.497. The van der Waals surface area contributed by atoms with E-state index in [-0.39, 0.29) is 0 Å². The summed E-state index contributed by atoms with van der Waals surface area (Å²) >= 11 is 4.04. The molecule has 0 atom stereocenters. The first-order chi connectivity index (χ1) is 4.93. The van der Waals surface area contributed by atoms with Gasteiger partial charge >= 0.3 is 0 Å². The Labute approximate surface area is 66.9 Å². The molecule has 0 saturated carbocycles. The highest BCUT2D eigenvalue weighted by Gasteiger charge is 1.85. The Kier molecular flexibility index (Phi) is 3.33. The Bertz CT molecular complexity index is 174. The summed E-state index contributed by atoms with van der Waals surface area (Å²) in [5.74, 6) is 0.731. The van der Waals surface area contributed by atoms with E-state index in [1.165, 1.54) is 5.56 Å². The number of thiol groups is 1. The largest absolute Gasteiger partial charge is 0.304 e. The number of rotatable bonds is 3. The van der Waals surface area contributed by atoms with E-state index < -0.39 is 0 Å². The SMILES string of the molecule is SCNCc1ccccc1. The number of nitrogens with one attached hydrogen (secondary N) is 1. The molecular formula is C8H11NS. The minimum absolute atomic E-state index is 0.731. The van der Waals surface area contributed by atoms with E-state index in [1.54, 1.807) is 0 Å². The van der Waals surface area contributed by atoms with Gasteiger partial charge in [-0.25, -0.2) is 0 Å². The van der Waals surface area contributed by atoms with E-state index in [0.29, 0.717) is 0 Å². The lowest BCUT2D eigenvalue weighted by Gasteiger charge is -1.98. The second-order valence-electron chi connectivity index (χ2n) is 2.07. The smallest absolute Gasteiger partial charge is 0.0390 e. The topological polar surface area (TPSA) is 12.0 Å². The molecule has 0 fully saturated rings. The van der Waals surface area contributed by atoms with Crippen molar-refractivity contribution in [2.75, 3.05) is 5.88 Å². The van der Waals surface area contributed by atoms with Gasteiger partial charge in [-0.15, -0.1) is 0 Å². The van der Waals surface area contributed by atoms with E-state index in [9.17, 15) is 0 Å². The molecule has 1 nitrogen and oxygen atoms in total. The normalized spacial score (nSPS) is 9.70. The summed E-state index contributed by atoms with van der Waals surface area (Å²) < 4.78 is 0. The molecule has 0 saturated heterocycles. The van der Waals surface area contributed by atoms with E-state index in [4.69, 9.17) is 0 Å². The van der Waals surface area contributed by atoms with Crippen molar-refractivity contribution in [3.8, 4) is 0 Å². The van der Waals surface area contributed by atoms with Gasteiger partial charge in [0.25, 0.3) is 0 Å². The molecule has 0 spiro atoms. The zero-order chi connectivity index (χ0) is 7.23. The van der Waals surface area contributed by atoms with E-state index >= 15 is 0 Å². The van der Waals surface area contributed by atoms with Gasteiger partial charge in [0.15, 0.2) is 0 Å². The van der Waals surface area contributed by atoms with Crippen LogP contribution in [0.25, 0.3) is 0 Å². The van der Waals surface area contributed by atoms with Crippen LogP contribution >= 0.6 is 12.6 Å². The molecule has 10 heavy (non-hydrogen) atoms. The third-order valence-electron chi connectivity index (χ3n) is 1.28. The standard InChI is InChI=1S/C8H11NS/c10-7-9-6-8-4-2-1-3-5-8/h1-5,9-10H,6-7H2. The monoisotopic (exact) mass is 153 g/mol. The van der Waals surface area contributed by atoms with Gasteiger partial charge in [0.05, 0.1) is 0 Å². The second-order valence-corrected chi connectivity index (χ2v) is 2.39. The number of benzene rings is 1. The molecule has 1 N–H and O–H groups in total.